The van der Waals surface area contributed by atoms with Crippen molar-refractivity contribution in [3.63, 3.8) is 0 Å². The lowest BCUT2D eigenvalue weighted by atomic mass is 10.0. The molecular formula is C22H21NO4. The summed E-state index contributed by atoms with van der Waals surface area (Å²) < 4.78 is 15.9. The molecule has 0 aromatic heterocycles. The van der Waals surface area contributed by atoms with E-state index in [1.165, 1.54) is 0 Å². The zero-order valence-electron chi connectivity index (χ0n) is 15.3. The molecule has 0 radical (unpaired) electrons. The fourth-order valence-corrected chi connectivity index (χ4v) is 2.73. The standard InChI is InChI=1S/C22H21NO4/c1-3-26-22(24)23-18(11-10-17-7-4-5-9-21(17)23)8-6-16-27-20-14-12-19(25-2)13-15-20/h4-5,7,9-15,18H,3,16H2,1-2H3/t18-/m1/s1. The third-order valence-corrected chi connectivity index (χ3v) is 4.02. The zero-order valence-corrected chi connectivity index (χ0v) is 15.3. The second-order valence-electron chi connectivity index (χ2n) is 5.72. The molecule has 0 fully saturated rings. The molecule has 138 valence electrons. The van der Waals surface area contributed by atoms with Gasteiger partial charge in [0, 0.05) is 0 Å². The van der Waals surface area contributed by atoms with Crippen LogP contribution in [0.25, 0.3) is 6.08 Å². The Morgan fingerprint density at radius 3 is 2.59 bits per heavy atom. The maximum absolute atomic E-state index is 12.4. The number of benzene rings is 2. The highest BCUT2D eigenvalue weighted by Gasteiger charge is 2.27. The van der Waals surface area contributed by atoms with Gasteiger partial charge in [0.1, 0.15) is 24.1 Å². The molecule has 2 aromatic rings. The van der Waals surface area contributed by atoms with E-state index in [4.69, 9.17) is 14.2 Å². The molecule has 3 rings (SSSR count). The number of methoxy groups -OCH3 is 1. The minimum Gasteiger partial charge on any atom is -0.497 e. The van der Waals surface area contributed by atoms with Crippen molar-refractivity contribution < 1.29 is 19.0 Å². The van der Waals surface area contributed by atoms with E-state index in [9.17, 15) is 4.79 Å². The van der Waals surface area contributed by atoms with E-state index in [2.05, 4.69) is 11.8 Å². The number of rotatable bonds is 4. The van der Waals surface area contributed by atoms with Crippen LogP contribution in [0.1, 0.15) is 12.5 Å². The topological polar surface area (TPSA) is 48.0 Å². The molecule has 0 N–H and O–H groups in total. The average molecular weight is 363 g/mol. The van der Waals surface area contributed by atoms with Crippen LogP contribution in [0.4, 0.5) is 10.5 Å². The Kier molecular flexibility index (Phi) is 6.01. The van der Waals surface area contributed by atoms with Crippen LogP contribution >= 0.6 is 0 Å². The first-order valence-electron chi connectivity index (χ1n) is 8.71. The summed E-state index contributed by atoms with van der Waals surface area (Å²) in [7, 11) is 1.62. The Bertz CT molecular complexity index is 877. The van der Waals surface area contributed by atoms with Gasteiger partial charge in [0.25, 0.3) is 0 Å². The zero-order chi connectivity index (χ0) is 19.1. The largest absolute Gasteiger partial charge is 0.497 e. The number of fused-ring (bicyclic) bond motifs is 1. The van der Waals surface area contributed by atoms with E-state index >= 15 is 0 Å². The van der Waals surface area contributed by atoms with Crippen LogP contribution in [0.5, 0.6) is 11.5 Å². The van der Waals surface area contributed by atoms with E-state index in [0.717, 1.165) is 17.0 Å². The van der Waals surface area contributed by atoms with E-state index in [0.29, 0.717) is 12.4 Å². The van der Waals surface area contributed by atoms with Gasteiger partial charge in [-0.25, -0.2) is 4.79 Å². The van der Waals surface area contributed by atoms with Gasteiger partial charge in [0.15, 0.2) is 0 Å². The number of amides is 1. The Morgan fingerprint density at radius 2 is 1.85 bits per heavy atom. The minimum atomic E-state index is -0.412. The molecule has 0 bridgehead atoms. The Hall–Kier alpha value is -3.39. The molecule has 1 atom stereocenters. The molecule has 1 aliphatic heterocycles. The molecule has 2 aromatic carbocycles. The number of para-hydroxylation sites is 1. The molecule has 5 heteroatoms. The third-order valence-electron chi connectivity index (χ3n) is 4.02. The van der Waals surface area contributed by atoms with Crippen molar-refractivity contribution in [2.24, 2.45) is 0 Å². The van der Waals surface area contributed by atoms with Gasteiger partial charge in [0.05, 0.1) is 19.4 Å². The van der Waals surface area contributed by atoms with Crippen LogP contribution in [0.15, 0.2) is 54.6 Å². The Morgan fingerprint density at radius 1 is 1.11 bits per heavy atom. The smallest absolute Gasteiger partial charge is 0.415 e. The lowest BCUT2D eigenvalue weighted by molar-refractivity contribution is 0.159. The van der Waals surface area contributed by atoms with Crippen LogP contribution in [-0.4, -0.2) is 32.5 Å². The first kappa shape index (κ1) is 18.4. The molecular weight excluding hydrogens is 342 g/mol. The first-order chi connectivity index (χ1) is 13.2. The highest BCUT2D eigenvalue weighted by Crippen LogP contribution is 2.29. The highest BCUT2D eigenvalue weighted by atomic mass is 16.6. The fourth-order valence-electron chi connectivity index (χ4n) is 2.73. The summed E-state index contributed by atoms with van der Waals surface area (Å²) in [5, 5.41) is 0. The van der Waals surface area contributed by atoms with E-state index in [1.807, 2.05) is 60.7 Å². The van der Waals surface area contributed by atoms with Crippen LogP contribution in [-0.2, 0) is 4.74 Å². The predicted molar refractivity (Wildman–Crippen MR) is 105 cm³/mol. The van der Waals surface area contributed by atoms with Gasteiger partial charge in [0.2, 0.25) is 0 Å². The van der Waals surface area contributed by atoms with Crippen LogP contribution in [0.3, 0.4) is 0 Å². The summed E-state index contributed by atoms with van der Waals surface area (Å²) in [4.78, 5) is 14.0. The minimum absolute atomic E-state index is 0.217. The molecule has 5 nitrogen and oxygen atoms in total. The molecule has 0 aliphatic carbocycles. The third kappa shape index (κ3) is 4.42. The lowest BCUT2D eigenvalue weighted by Crippen LogP contribution is -2.41. The van der Waals surface area contributed by atoms with Gasteiger partial charge < -0.3 is 14.2 Å². The monoisotopic (exact) mass is 363 g/mol. The Labute approximate surface area is 159 Å². The number of hydrogen-bond acceptors (Lipinski definition) is 4. The summed E-state index contributed by atoms with van der Waals surface area (Å²) in [6.07, 6.45) is 3.44. The second-order valence-corrected chi connectivity index (χ2v) is 5.72. The van der Waals surface area contributed by atoms with Gasteiger partial charge in [-0.1, -0.05) is 36.1 Å². The van der Waals surface area contributed by atoms with Gasteiger partial charge in [-0.3, -0.25) is 4.90 Å². The number of ether oxygens (including phenoxy) is 3. The SMILES string of the molecule is CCOC(=O)N1c2ccccc2C=C[C@H]1C#CCOc1ccc(OC)cc1. The quantitative estimate of drug-likeness (QED) is 0.766. The van der Waals surface area contributed by atoms with Crippen molar-refractivity contribution >= 4 is 17.9 Å². The molecule has 0 spiro atoms. The summed E-state index contributed by atoms with van der Waals surface area (Å²) >= 11 is 0. The summed E-state index contributed by atoms with van der Waals surface area (Å²) in [5.74, 6) is 7.54. The summed E-state index contributed by atoms with van der Waals surface area (Å²) in [5.41, 5.74) is 1.74. The number of carbonyl (C=O) groups excluding carboxylic acids is 1. The normalized spacial score (nSPS) is 14.6. The van der Waals surface area contributed by atoms with Crippen molar-refractivity contribution in [3.8, 4) is 23.3 Å². The van der Waals surface area contributed by atoms with Crippen molar-refractivity contribution in [3.05, 3.63) is 60.2 Å². The van der Waals surface area contributed by atoms with Crippen molar-refractivity contribution in [2.75, 3.05) is 25.2 Å². The molecule has 1 heterocycles. The molecule has 0 saturated carbocycles. The maximum Gasteiger partial charge on any atom is 0.415 e. The summed E-state index contributed by atoms with van der Waals surface area (Å²) in [6, 6.07) is 14.6. The van der Waals surface area contributed by atoms with Crippen LogP contribution in [0.2, 0.25) is 0 Å². The molecule has 0 saturated heterocycles. The average Bonchev–Trinajstić information content (AvgIpc) is 2.71. The number of anilines is 1. The van der Waals surface area contributed by atoms with Crippen LogP contribution in [0, 0.1) is 11.8 Å². The van der Waals surface area contributed by atoms with Gasteiger partial charge >= 0.3 is 6.09 Å². The molecule has 27 heavy (non-hydrogen) atoms. The van der Waals surface area contributed by atoms with Gasteiger partial charge in [-0.15, -0.1) is 0 Å². The molecule has 0 unspecified atom stereocenters. The van der Waals surface area contributed by atoms with E-state index in [1.54, 1.807) is 18.9 Å². The second kappa shape index (κ2) is 8.81. The predicted octanol–water partition coefficient (Wildman–Crippen LogP) is 4.14. The van der Waals surface area contributed by atoms with E-state index in [-0.39, 0.29) is 6.61 Å². The maximum atomic E-state index is 12.4. The molecule has 1 amide bonds. The number of nitrogens with zero attached hydrogens (tertiary/aromatic N) is 1. The Balaban J connectivity index is 1.71. The van der Waals surface area contributed by atoms with Gasteiger partial charge in [-0.05, 0) is 48.9 Å². The molecule has 1 aliphatic rings. The van der Waals surface area contributed by atoms with Gasteiger partial charge in [-0.2, -0.15) is 0 Å². The first-order valence-corrected chi connectivity index (χ1v) is 8.71. The number of carbonyl (C=O) groups is 1. The van der Waals surface area contributed by atoms with E-state index < -0.39 is 12.1 Å². The lowest BCUT2D eigenvalue weighted by Gasteiger charge is -2.30. The van der Waals surface area contributed by atoms with Crippen molar-refractivity contribution in [1.82, 2.24) is 0 Å². The van der Waals surface area contributed by atoms with Crippen LogP contribution < -0.4 is 14.4 Å². The number of hydrogen-bond donors (Lipinski definition) is 0. The highest BCUT2D eigenvalue weighted by molar-refractivity contribution is 5.94. The fraction of sp³-hybridized carbons (Fsp3) is 0.227. The van der Waals surface area contributed by atoms with Crippen molar-refractivity contribution in [2.45, 2.75) is 13.0 Å². The summed E-state index contributed by atoms with van der Waals surface area (Å²) in [6.45, 7) is 2.31. The van der Waals surface area contributed by atoms with Crippen molar-refractivity contribution in [1.29, 1.82) is 0 Å².